The number of hydrogen-bond acceptors (Lipinski definition) is 0. The SMILES string of the molecule is C=C.FC(F)(F)c1cc(-c2ccccc2-c2ccccc2)cc(C(F)(F)F)c1Br. The molecule has 152 valence electrons. The van der Waals surface area contributed by atoms with Gasteiger partial charge in [0.15, 0.2) is 0 Å². The van der Waals surface area contributed by atoms with Gasteiger partial charge in [-0.1, -0.05) is 54.6 Å². The Labute approximate surface area is 172 Å². The zero-order valence-electron chi connectivity index (χ0n) is 14.9. The molecule has 3 aromatic rings. The lowest BCUT2D eigenvalue weighted by Crippen LogP contribution is -2.13. The maximum Gasteiger partial charge on any atom is 0.417 e. The fourth-order valence-electron chi connectivity index (χ4n) is 2.80. The number of hydrogen-bond donors (Lipinski definition) is 0. The molecule has 0 aliphatic rings. The molecule has 3 rings (SSSR count). The van der Waals surface area contributed by atoms with Gasteiger partial charge in [-0.2, -0.15) is 26.3 Å². The van der Waals surface area contributed by atoms with Gasteiger partial charge >= 0.3 is 12.4 Å². The predicted octanol–water partition coefficient (Wildman–Crippen LogP) is 8.62. The molecule has 0 atom stereocenters. The minimum atomic E-state index is -4.93. The molecule has 0 aliphatic heterocycles. The molecule has 7 heteroatoms. The van der Waals surface area contributed by atoms with Crippen molar-refractivity contribution in [2.75, 3.05) is 0 Å². The Kier molecular flexibility index (Phi) is 6.95. The van der Waals surface area contributed by atoms with Gasteiger partial charge in [-0.15, -0.1) is 13.2 Å². The van der Waals surface area contributed by atoms with Crippen molar-refractivity contribution in [3.05, 3.63) is 95.5 Å². The lowest BCUT2D eigenvalue weighted by molar-refractivity contribution is -0.144. The van der Waals surface area contributed by atoms with Gasteiger partial charge in [0, 0.05) is 4.47 Å². The van der Waals surface area contributed by atoms with E-state index in [9.17, 15) is 26.3 Å². The Morgan fingerprint density at radius 1 is 0.586 bits per heavy atom. The number of halogens is 7. The van der Waals surface area contributed by atoms with Gasteiger partial charge in [-0.25, -0.2) is 0 Å². The molecule has 0 aliphatic carbocycles. The highest BCUT2D eigenvalue weighted by molar-refractivity contribution is 9.10. The number of alkyl halides is 6. The highest BCUT2D eigenvalue weighted by Crippen LogP contribution is 2.45. The van der Waals surface area contributed by atoms with E-state index in [4.69, 9.17) is 0 Å². The maximum absolute atomic E-state index is 13.3. The molecule has 0 nitrogen and oxygen atoms in total. The molecule has 0 unspecified atom stereocenters. The van der Waals surface area contributed by atoms with Crippen LogP contribution in [0.25, 0.3) is 22.3 Å². The summed E-state index contributed by atoms with van der Waals surface area (Å²) in [5.41, 5.74) is -1.37. The van der Waals surface area contributed by atoms with E-state index in [1.165, 1.54) is 6.07 Å². The van der Waals surface area contributed by atoms with Gasteiger partial charge in [0.05, 0.1) is 11.1 Å². The molecule has 0 radical (unpaired) electrons. The van der Waals surface area contributed by atoms with Crippen LogP contribution in [0.15, 0.2) is 84.4 Å². The second-order valence-corrected chi connectivity index (χ2v) is 6.59. The molecule has 0 spiro atoms. The fraction of sp³-hybridized carbons (Fsp3) is 0.0909. The summed E-state index contributed by atoms with van der Waals surface area (Å²) in [6, 6.07) is 16.6. The Hall–Kier alpha value is -2.54. The summed E-state index contributed by atoms with van der Waals surface area (Å²) in [7, 11) is 0. The summed E-state index contributed by atoms with van der Waals surface area (Å²) in [6.07, 6.45) is -9.87. The van der Waals surface area contributed by atoms with Crippen LogP contribution in [0.5, 0.6) is 0 Å². The quantitative estimate of drug-likeness (QED) is 0.258. The molecule has 0 saturated heterocycles. The first-order valence-corrected chi connectivity index (χ1v) is 9.01. The van der Waals surface area contributed by atoms with Gasteiger partial charge in [-0.05, 0) is 50.3 Å². The topological polar surface area (TPSA) is 0 Å². The van der Waals surface area contributed by atoms with Crippen molar-refractivity contribution in [3.8, 4) is 22.3 Å². The van der Waals surface area contributed by atoms with Crippen molar-refractivity contribution in [3.63, 3.8) is 0 Å². The standard InChI is InChI=1S/C20H11BrF6.C2H4/c21-18-16(19(22,23)24)10-13(11-17(18)20(25,26)27)15-9-5-4-8-14(15)12-6-2-1-3-7-12;1-2/h1-11H;1-2H2. The first kappa shape index (κ1) is 22.7. The predicted molar refractivity (Wildman–Crippen MR) is 106 cm³/mol. The van der Waals surface area contributed by atoms with Crippen molar-refractivity contribution in [1.29, 1.82) is 0 Å². The molecule has 0 heterocycles. The lowest BCUT2D eigenvalue weighted by atomic mass is 9.92. The van der Waals surface area contributed by atoms with Gasteiger partial charge < -0.3 is 0 Å². The van der Waals surface area contributed by atoms with Crippen molar-refractivity contribution in [2.24, 2.45) is 0 Å². The van der Waals surface area contributed by atoms with E-state index in [2.05, 4.69) is 29.1 Å². The molecule has 0 aromatic heterocycles. The minimum absolute atomic E-state index is 0.155. The van der Waals surface area contributed by atoms with E-state index in [1.54, 1.807) is 48.5 Å². The van der Waals surface area contributed by atoms with Crippen molar-refractivity contribution in [1.82, 2.24) is 0 Å². The van der Waals surface area contributed by atoms with Crippen molar-refractivity contribution in [2.45, 2.75) is 12.4 Å². The molecular formula is C22H15BrF6. The largest absolute Gasteiger partial charge is 0.417 e. The average molecular weight is 473 g/mol. The van der Waals surface area contributed by atoms with Crippen LogP contribution in [0, 0.1) is 0 Å². The highest BCUT2D eigenvalue weighted by Gasteiger charge is 2.41. The molecule has 3 aromatic carbocycles. The van der Waals surface area contributed by atoms with E-state index >= 15 is 0 Å². The second-order valence-electron chi connectivity index (χ2n) is 5.79. The summed E-state index contributed by atoms with van der Waals surface area (Å²) in [5, 5.41) is 0. The Morgan fingerprint density at radius 2 is 0.966 bits per heavy atom. The summed E-state index contributed by atoms with van der Waals surface area (Å²) in [6.45, 7) is 6.00. The highest BCUT2D eigenvalue weighted by atomic mass is 79.9. The van der Waals surface area contributed by atoms with Crippen LogP contribution in [-0.2, 0) is 12.4 Å². The Morgan fingerprint density at radius 3 is 1.38 bits per heavy atom. The fourth-order valence-corrected chi connectivity index (χ4v) is 3.48. The van der Waals surface area contributed by atoms with Crippen molar-refractivity contribution >= 4 is 15.9 Å². The molecule has 0 amide bonds. The zero-order valence-corrected chi connectivity index (χ0v) is 16.5. The van der Waals surface area contributed by atoms with Crippen LogP contribution in [0.3, 0.4) is 0 Å². The number of rotatable bonds is 2. The van der Waals surface area contributed by atoms with E-state index < -0.39 is 28.0 Å². The van der Waals surface area contributed by atoms with Gasteiger partial charge in [0.25, 0.3) is 0 Å². The first-order chi connectivity index (χ1) is 13.6. The minimum Gasteiger partial charge on any atom is -0.166 e. The van der Waals surface area contributed by atoms with E-state index in [1.807, 2.05) is 0 Å². The van der Waals surface area contributed by atoms with Crippen LogP contribution in [-0.4, -0.2) is 0 Å². The summed E-state index contributed by atoms with van der Waals surface area (Å²) in [4.78, 5) is 0. The molecule has 0 N–H and O–H groups in total. The third kappa shape index (κ3) is 5.09. The average Bonchev–Trinajstić information content (AvgIpc) is 2.68. The van der Waals surface area contributed by atoms with Crippen LogP contribution in [0.4, 0.5) is 26.3 Å². The van der Waals surface area contributed by atoms with Gasteiger partial charge in [0.1, 0.15) is 0 Å². The molecular weight excluding hydrogens is 458 g/mol. The molecule has 0 fully saturated rings. The smallest absolute Gasteiger partial charge is 0.166 e. The normalized spacial score (nSPS) is 11.6. The van der Waals surface area contributed by atoms with Crippen LogP contribution in [0.1, 0.15) is 11.1 Å². The van der Waals surface area contributed by atoms with E-state index in [-0.39, 0.29) is 11.1 Å². The van der Waals surface area contributed by atoms with Crippen LogP contribution in [0.2, 0.25) is 0 Å². The summed E-state index contributed by atoms with van der Waals surface area (Å²) < 4.78 is 79.0. The first-order valence-electron chi connectivity index (χ1n) is 8.22. The zero-order chi connectivity index (χ0) is 21.8. The molecule has 0 bridgehead atoms. The summed E-state index contributed by atoms with van der Waals surface area (Å²) in [5.74, 6) is 0. The van der Waals surface area contributed by atoms with Crippen LogP contribution >= 0.6 is 15.9 Å². The Balaban J connectivity index is 0.00000145. The van der Waals surface area contributed by atoms with Gasteiger partial charge in [0.2, 0.25) is 0 Å². The maximum atomic E-state index is 13.3. The summed E-state index contributed by atoms with van der Waals surface area (Å²) >= 11 is 2.48. The molecule has 29 heavy (non-hydrogen) atoms. The Bertz CT molecular complexity index is 940. The lowest BCUT2D eigenvalue weighted by Gasteiger charge is -2.18. The van der Waals surface area contributed by atoms with Gasteiger partial charge in [-0.3, -0.25) is 0 Å². The van der Waals surface area contributed by atoms with E-state index in [0.29, 0.717) is 11.1 Å². The molecule has 0 saturated carbocycles. The monoisotopic (exact) mass is 472 g/mol. The van der Waals surface area contributed by atoms with Crippen molar-refractivity contribution < 1.29 is 26.3 Å². The van der Waals surface area contributed by atoms with E-state index in [0.717, 1.165) is 12.1 Å². The third-order valence-corrected chi connectivity index (χ3v) is 4.86. The third-order valence-electron chi connectivity index (χ3n) is 4.01. The number of benzene rings is 3. The second kappa shape index (κ2) is 8.86. The van der Waals surface area contributed by atoms with Crippen LogP contribution < -0.4 is 0 Å².